The van der Waals surface area contributed by atoms with Gasteiger partial charge in [0.05, 0.1) is 25.9 Å². The van der Waals surface area contributed by atoms with Gasteiger partial charge < -0.3 is 30.1 Å². The molecule has 0 aliphatic carbocycles. The van der Waals surface area contributed by atoms with Crippen LogP contribution in [0.1, 0.15) is 90.4 Å². The maximum absolute atomic E-state index is 13.6. The number of rotatable bonds is 9. The number of cyclic esters (lactones) is 1. The number of aliphatic hydroxyl groups excluding tert-OH is 1. The standard InChI is InChI=1S/C37H43NO8/c1-24-10-9-15-29(40)14-8-4-7-13-27-21-32(41)35(36(43)34(27)37(44)46-24)31(26-16-18-30(45-2)19-17-26)22-33(42)38-28(23-39)20-25-11-5-3-6-12-25/h3,5-7,11-13,16-19,21,24,28,31,39,41,43H,4,8-10,14-15,20,22-23H2,1-2H3,(H,38,42)/b13-7+/t24-,28+,31?/m0/s1. The second-order valence-corrected chi connectivity index (χ2v) is 11.7. The molecule has 0 bridgehead atoms. The molecule has 3 aromatic rings. The fourth-order valence-corrected chi connectivity index (χ4v) is 5.77. The summed E-state index contributed by atoms with van der Waals surface area (Å²) in [6.45, 7) is 1.45. The van der Waals surface area contributed by atoms with Crippen LogP contribution in [-0.4, -0.2) is 58.8 Å². The number of aromatic hydroxyl groups is 2. The number of esters is 1. The van der Waals surface area contributed by atoms with Crippen LogP contribution in [0, 0.1) is 0 Å². The topological polar surface area (TPSA) is 142 Å². The van der Waals surface area contributed by atoms with Gasteiger partial charge in [0.15, 0.2) is 0 Å². The van der Waals surface area contributed by atoms with Gasteiger partial charge in [0.2, 0.25) is 5.91 Å². The highest BCUT2D eigenvalue weighted by Crippen LogP contribution is 2.44. The van der Waals surface area contributed by atoms with E-state index in [9.17, 15) is 29.7 Å². The highest BCUT2D eigenvalue weighted by molar-refractivity contribution is 5.98. The average Bonchev–Trinajstić information content (AvgIpc) is 3.03. The van der Waals surface area contributed by atoms with Crippen molar-refractivity contribution in [1.29, 1.82) is 0 Å². The summed E-state index contributed by atoms with van der Waals surface area (Å²) >= 11 is 0. The molecule has 3 aromatic carbocycles. The molecule has 0 spiro atoms. The van der Waals surface area contributed by atoms with Gasteiger partial charge in [-0.15, -0.1) is 0 Å². The van der Waals surface area contributed by atoms with Crippen molar-refractivity contribution < 1.29 is 39.2 Å². The van der Waals surface area contributed by atoms with E-state index in [0.29, 0.717) is 56.3 Å². The molecule has 4 rings (SSSR count). The molecular weight excluding hydrogens is 586 g/mol. The lowest BCUT2D eigenvalue weighted by molar-refractivity contribution is -0.122. The number of Topliss-reactive ketones (excluding diaryl/α,β-unsaturated/α-hetero) is 1. The summed E-state index contributed by atoms with van der Waals surface area (Å²) in [5.74, 6) is -2.08. The van der Waals surface area contributed by atoms with E-state index in [1.807, 2.05) is 30.3 Å². The van der Waals surface area contributed by atoms with E-state index in [1.54, 1.807) is 43.3 Å². The van der Waals surface area contributed by atoms with Crippen LogP contribution in [0.5, 0.6) is 17.2 Å². The van der Waals surface area contributed by atoms with E-state index in [-0.39, 0.29) is 41.3 Å². The first-order valence-corrected chi connectivity index (χ1v) is 15.8. The van der Waals surface area contributed by atoms with Crippen molar-refractivity contribution in [2.24, 2.45) is 0 Å². The van der Waals surface area contributed by atoms with Gasteiger partial charge in [-0.25, -0.2) is 4.79 Å². The number of aliphatic hydroxyl groups is 1. The summed E-state index contributed by atoms with van der Waals surface area (Å²) < 4.78 is 11.0. The van der Waals surface area contributed by atoms with Crippen molar-refractivity contribution in [3.8, 4) is 17.2 Å². The van der Waals surface area contributed by atoms with Crippen molar-refractivity contribution in [2.45, 2.75) is 76.4 Å². The third-order valence-electron chi connectivity index (χ3n) is 8.22. The monoisotopic (exact) mass is 629 g/mol. The van der Waals surface area contributed by atoms with Crippen LogP contribution in [0.4, 0.5) is 0 Å². The SMILES string of the molecule is COc1ccc(C(CC(=O)N[C@@H](CO)Cc2ccccc2)c2c(O)cc3c(c2O)C(=O)O[C@@H](C)CCCC(=O)CCC/C=C/3)cc1. The average molecular weight is 630 g/mol. The van der Waals surface area contributed by atoms with Crippen molar-refractivity contribution >= 4 is 23.7 Å². The first-order chi connectivity index (χ1) is 22.2. The summed E-state index contributed by atoms with van der Waals surface area (Å²) in [5, 5.41) is 36.0. The van der Waals surface area contributed by atoms with Gasteiger partial charge in [0.25, 0.3) is 0 Å². The second-order valence-electron chi connectivity index (χ2n) is 11.7. The van der Waals surface area contributed by atoms with Crippen LogP contribution in [0.15, 0.2) is 66.7 Å². The molecule has 0 saturated heterocycles. The molecule has 0 saturated carbocycles. The summed E-state index contributed by atoms with van der Waals surface area (Å²) in [6.07, 6.45) is 6.28. The van der Waals surface area contributed by atoms with Crippen LogP contribution < -0.4 is 10.1 Å². The number of carbonyl (C=O) groups excluding carboxylic acids is 3. The molecule has 1 aliphatic heterocycles. The summed E-state index contributed by atoms with van der Waals surface area (Å²) in [7, 11) is 1.53. The predicted molar refractivity (Wildman–Crippen MR) is 175 cm³/mol. The molecule has 1 heterocycles. The molecule has 1 aliphatic rings. The third-order valence-corrected chi connectivity index (χ3v) is 8.22. The zero-order valence-corrected chi connectivity index (χ0v) is 26.4. The lowest BCUT2D eigenvalue weighted by Gasteiger charge is -2.24. The van der Waals surface area contributed by atoms with E-state index in [4.69, 9.17) is 9.47 Å². The predicted octanol–water partition coefficient (Wildman–Crippen LogP) is 5.83. The molecule has 0 aromatic heterocycles. The van der Waals surface area contributed by atoms with Crippen LogP contribution in [0.2, 0.25) is 0 Å². The van der Waals surface area contributed by atoms with Gasteiger partial charge in [-0.2, -0.15) is 0 Å². The number of ketones is 1. The number of methoxy groups -OCH3 is 1. The molecule has 4 N–H and O–H groups in total. The van der Waals surface area contributed by atoms with Crippen molar-refractivity contribution in [3.63, 3.8) is 0 Å². The number of fused-ring (bicyclic) bond motifs is 1. The van der Waals surface area contributed by atoms with Crippen LogP contribution in [0.25, 0.3) is 6.08 Å². The molecule has 9 heteroatoms. The zero-order chi connectivity index (χ0) is 33.1. The smallest absolute Gasteiger partial charge is 0.342 e. The molecule has 244 valence electrons. The highest BCUT2D eigenvalue weighted by atomic mass is 16.5. The van der Waals surface area contributed by atoms with Gasteiger partial charge in [-0.05, 0) is 73.9 Å². The lowest BCUT2D eigenvalue weighted by Crippen LogP contribution is -2.39. The minimum absolute atomic E-state index is 0.00684. The number of ether oxygens (including phenoxy) is 2. The molecule has 46 heavy (non-hydrogen) atoms. The van der Waals surface area contributed by atoms with Crippen molar-refractivity contribution in [2.75, 3.05) is 13.7 Å². The number of phenols is 2. The highest BCUT2D eigenvalue weighted by Gasteiger charge is 2.31. The molecule has 1 amide bonds. The summed E-state index contributed by atoms with van der Waals surface area (Å²) in [5.41, 5.74) is 1.70. The van der Waals surface area contributed by atoms with Gasteiger partial charge >= 0.3 is 5.97 Å². The van der Waals surface area contributed by atoms with E-state index >= 15 is 0 Å². The minimum atomic E-state index is -0.874. The van der Waals surface area contributed by atoms with Crippen LogP contribution in [-0.2, 0) is 20.7 Å². The number of allylic oxidation sites excluding steroid dienone is 1. The van der Waals surface area contributed by atoms with E-state index < -0.39 is 35.7 Å². The zero-order valence-electron chi connectivity index (χ0n) is 26.4. The van der Waals surface area contributed by atoms with Gasteiger partial charge in [-0.3, -0.25) is 9.59 Å². The van der Waals surface area contributed by atoms with E-state index in [0.717, 1.165) is 5.56 Å². The maximum Gasteiger partial charge on any atom is 0.342 e. The van der Waals surface area contributed by atoms with Crippen LogP contribution >= 0.6 is 0 Å². The summed E-state index contributed by atoms with van der Waals surface area (Å²) in [6, 6.07) is 17.2. The van der Waals surface area contributed by atoms with E-state index in [1.165, 1.54) is 13.2 Å². The Hall–Kier alpha value is -4.63. The number of benzene rings is 3. The quantitative estimate of drug-likeness (QED) is 0.217. The first kappa shape index (κ1) is 34.2. The fraction of sp³-hybridized carbons (Fsp3) is 0.378. The number of nitrogens with one attached hydrogen (secondary N) is 1. The Morgan fingerprint density at radius 2 is 1.76 bits per heavy atom. The lowest BCUT2D eigenvalue weighted by atomic mass is 9.84. The number of carbonyl (C=O) groups is 3. The van der Waals surface area contributed by atoms with Crippen LogP contribution in [0.3, 0.4) is 0 Å². The summed E-state index contributed by atoms with van der Waals surface area (Å²) in [4.78, 5) is 39.2. The Morgan fingerprint density at radius 1 is 1.04 bits per heavy atom. The Kier molecular flexibility index (Phi) is 12.4. The Morgan fingerprint density at radius 3 is 2.46 bits per heavy atom. The Balaban J connectivity index is 1.73. The maximum atomic E-state index is 13.6. The van der Waals surface area contributed by atoms with Gasteiger partial charge in [0.1, 0.15) is 28.6 Å². The number of amides is 1. The largest absolute Gasteiger partial charge is 0.507 e. The Bertz CT molecular complexity index is 1520. The normalized spacial score (nSPS) is 17.9. The third kappa shape index (κ3) is 9.20. The molecular formula is C37H43NO8. The van der Waals surface area contributed by atoms with E-state index in [2.05, 4.69) is 5.32 Å². The second kappa shape index (κ2) is 16.6. The van der Waals surface area contributed by atoms with Gasteiger partial charge in [0, 0.05) is 30.7 Å². The first-order valence-electron chi connectivity index (χ1n) is 15.8. The number of hydrogen-bond acceptors (Lipinski definition) is 8. The number of hydrogen-bond donors (Lipinski definition) is 4. The molecule has 9 nitrogen and oxygen atoms in total. The number of phenolic OH excluding ortho intramolecular Hbond substituents is 2. The fourth-order valence-electron chi connectivity index (χ4n) is 5.77. The molecule has 3 atom stereocenters. The molecule has 1 unspecified atom stereocenters. The van der Waals surface area contributed by atoms with Gasteiger partial charge in [-0.1, -0.05) is 54.6 Å². The molecule has 0 radical (unpaired) electrons. The van der Waals surface area contributed by atoms with Crippen molar-refractivity contribution in [3.05, 3.63) is 94.6 Å². The Labute approximate surface area is 269 Å². The minimum Gasteiger partial charge on any atom is -0.507 e. The molecule has 0 fully saturated rings. The van der Waals surface area contributed by atoms with Crippen molar-refractivity contribution in [1.82, 2.24) is 5.32 Å².